The molecule has 2 saturated heterocycles. The van der Waals surface area contributed by atoms with E-state index < -0.39 is 48.6 Å². The van der Waals surface area contributed by atoms with Crippen molar-refractivity contribution in [3.05, 3.63) is 35.9 Å². The van der Waals surface area contributed by atoms with Crippen molar-refractivity contribution in [1.29, 1.82) is 0 Å². The van der Waals surface area contributed by atoms with Crippen molar-refractivity contribution in [2.24, 2.45) is 53.3 Å². The second-order valence-corrected chi connectivity index (χ2v) is 21.4. The molecule has 4 aliphatic rings. The molecule has 73 heavy (non-hydrogen) atoms. The highest BCUT2D eigenvalue weighted by Crippen LogP contribution is 2.42. The summed E-state index contributed by atoms with van der Waals surface area (Å²) in [5.74, 6) is 0.0178. The molecule has 8 atom stereocenters. The third kappa shape index (κ3) is 16.9. The number of hydrogen-bond acceptors (Lipinski definition) is 16. The number of rotatable bonds is 18. The first-order chi connectivity index (χ1) is 34.9. The normalized spacial score (nSPS) is 25.4. The van der Waals surface area contributed by atoms with Crippen LogP contribution in [0.3, 0.4) is 0 Å². The van der Waals surface area contributed by atoms with E-state index in [0.717, 1.165) is 51.4 Å². The molecule has 0 bridgehead atoms. The second-order valence-electron chi connectivity index (χ2n) is 21.4. The fraction of sp³-hybridized carbons (Fsp3) is 0.727. The van der Waals surface area contributed by atoms with Crippen LogP contribution in [0.5, 0.6) is 23.0 Å². The molecule has 2 aromatic heterocycles. The Kier molecular flexibility index (Phi) is 23.3. The topological polar surface area (TPSA) is 229 Å². The van der Waals surface area contributed by atoms with Crippen molar-refractivity contribution < 1.29 is 67.0 Å². The maximum atomic E-state index is 13.4. The number of hydrogen-bond donors (Lipinski definition) is 3. The van der Waals surface area contributed by atoms with Gasteiger partial charge >= 0.3 is 17.9 Å². The molecular formula is C55H84N4O14. The van der Waals surface area contributed by atoms with Gasteiger partial charge in [-0.3, -0.25) is 14.4 Å². The van der Waals surface area contributed by atoms with Gasteiger partial charge in [0.25, 0.3) is 11.8 Å². The molecule has 0 spiro atoms. The molecule has 2 aliphatic heterocycles. The van der Waals surface area contributed by atoms with Gasteiger partial charge in [-0.05, 0) is 62.2 Å². The summed E-state index contributed by atoms with van der Waals surface area (Å²) >= 11 is 0. The van der Waals surface area contributed by atoms with Gasteiger partial charge in [-0.15, -0.1) is 0 Å². The lowest BCUT2D eigenvalue weighted by molar-refractivity contribution is -0.156. The van der Waals surface area contributed by atoms with E-state index in [2.05, 4.69) is 48.3 Å². The summed E-state index contributed by atoms with van der Waals surface area (Å²) in [5, 5.41) is 15.6. The zero-order valence-electron chi connectivity index (χ0n) is 45.0. The molecule has 2 aromatic rings. The second kappa shape index (κ2) is 29.0. The van der Waals surface area contributed by atoms with Gasteiger partial charge in [0.1, 0.15) is 12.2 Å². The van der Waals surface area contributed by atoms with Gasteiger partial charge in [0, 0.05) is 49.6 Å². The van der Waals surface area contributed by atoms with Crippen molar-refractivity contribution in [3.63, 3.8) is 0 Å². The molecule has 0 aromatic carbocycles. The third-order valence-corrected chi connectivity index (χ3v) is 14.8. The van der Waals surface area contributed by atoms with Gasteiger partial charge < -0.3 is 53.6 Å². The average Bonchev–Trinajstić information content (AvgIpc) is 4.10. The van der Waals surface area contributed by atoms with E-state index >= 15 is 0 Å². The molecule has 18 nitrogen and oxygen atoms in total. The van der Waals surface area contributed by atoms with E-state index in [0.29, 0.717) is 42.8 Å². The average molecular weight is 1030 g/mol. The Morgan fingerprint density at radius 2 is 1.11 bits per heavy atom. The largest absolute Gasteiger partial charge is 0.503 e. The van der Waals surface area contributed by atoms with Crippen LogP contribution in [0, 0.1) is 53.3 Å². The number of esters is 3. The number of ether oxygens (including phenoxy) is 8. The number of nitrogens with one attached hydrogen (secondary N) is 2. The lowest BCUT2D eigenvalue weighted by atomic mass is 9.75. The zero-order valence-corrected chi connectivity index (χ0v) is 45.0. The Morgan fingerprint density at radius 3 is 1.55 bits per heavy atom. The van der Waals surface area contributed by atoms with Crippen LogP contribution in [-0.4, -0.2) is 117 Å². The highest BCUT2D eigenvalue weighted by molar-refractivity contribution is 5.98. The first kappa shape index (κ1) is 58.7. The lowest BCUT2D eigenvalue weighted by Gasteiger charge is -2.35. The Morgan fingerprint density at radius 1 is 0.671 bits per heavy atom. The molecule has 18 heteroatoms. The van der Waals surface area contributed by atoms with Gasteiger partial charge in [0.15, 0.2) is 46.5 Å². The standard InChI is InChI=1S/C30H46N2O8.C25H38N2O6/c1-18(2)11-12-22-15-37-16-23(30(35)40-20(5)25(22)21-9-7-8-10-21)32-28(33)26-27(24(36-6)13-14-31-26)38-17-39-29(34)19(3)4;1-15(2)9-10-18-13-32-14-19(25(30)33-16(3)21(18)17-7-5-6-8-17)27-24(29)22-23(28)20(31-4)11-12-26-22/h13-14,18-23,25H,7-12,15-17H2,1-6H3,(H,32,33);11-12,15-19,21,28H,5-10,13-14H2,1-4H3,(H,27,29)/t20-,22-,23-,25+;16-,18-,19-,21+/m00/s1. The maximum Gasteiger partial charge on any atom is 0.331 e. The van der Waals surface area contributed by atoms with Crippen LogP contribution >= 0.6 is 0 Å². The zero-order chi connectivity index (χ0) is 53.2. The number of nitrogens with zero attached hydrogens (tertiary/aromatic N) is 2. The molecule has 4 fully saturated rings. The van der Waals surface area contributed by atoms with E-state index in [-0.39, 0.29) is 83.5 Å². The van der Waals surface area contributed by atoms with Crippen LogP contribution in [0.15, 0.2) is 24.5 Å². The van der Waals surface area contributed by atoms with Crippen LogP contribution in [-0.2, 0) is 38.1 Å². The molecule has 3 N–H and O–H groups in total. The van der Waals surface area contributed by atoms with Crippen molar-refractivity contribution in [3.8, 4) is 23.0 Å². The number of amides is 2. The minimum Gasteiger partial charge on any atom is -0.503 e. The first-order valence-corrected chi connectivity index (χ1v) is 26.7. The molecule has 408 valence electrons. The van der Waals surface area contributed by atoms with E-state index in [9.17, 15) is 29.1 Å². The fourth-order valence-corrected chi connectivity index (χ4v) is 11.0. The minimum absolute atomic E-state index is 0.000164. The summed E-state index contributed by atoms with van der Waals surface area (Å²) in [4.78, 5) is 72.4. The Bertz CT molecular complexity index is 2090. The van der Waals surface area contributed by atoms with Crippen LogP contribution in [0.25, 0.3) is 0 Å². The first-order valence-electron chi connectivity index (χ1n) is 26.7. The third-order valence-electron chi connectivity index (χ3n) is 14.8. The van der Waals surface area contributed by atoms with Gasteiger partial charge in [0.2, 0.25) is 6.79 Å². The monoisotopic (exact) mass is 1020 g/mol. The van der Waals surface area contributed by atoms with Crippen molar-refractivity contribution in [1.82, 2.24) is 20.6 Å². The minimum atomic E-state index is -1.03. The Labute approximate surface area is 432 Å². The number of pyridine rings is 2. The van der Waals surface area contributed by atoms with Gasteiger partial charge in [-0.2, -0.15) is 0 Å². The lowest BCUT2D eigenvalue weighted by Crippen LogP contribution is -2.46. The fourth-order valence-electron chi connectivity index (χ4n) is 11.0. The van der Waals surface area contributed by atoms with Crippen molar-refractivity contribution in [2.75, 3.05) is 47.4 Å². The summed E-state index contributed by atoms with van der Waals surface area (Å²) in [6.45, 7) is 16.8. The number of cyclic esters (lactones) is 2. The number of carbonyl (C=O) groups is 5. The predicted octanol–water partition coefficient (Wildman–Crippen LogP) is 8.26. The molecule has 2 saturated carbocycles. The molecule has 2 aliphatic carbocycles. The Hall–Kier alpha value is -5.23. The van der Waals surface area contributed by atoms with Gasteiger partial charge in [0.05, 0.1) is 33.4 Å². The van der Waals surface area contributed by atoms with Crippen molar-refractivity contribution >= 4 is 29.7 Å². The SMILES string of the molecule is COc1ccnc(C(=O)N[C@H]2COC[C@H](CCC(C)C)[C@@H](C3CCCC3)[C@H](C)OC2=O)c1O.COc1ccnc(C(=O)N[C@H]2COC[C@H](CCC(C)C)[C@@H](C3CCCC3)[C@H](C)OC2=O)c1OCOC(=O)C(C)C. The molecule has 6 rings (SSSR count). The summed E-state index contributed by atoms with van der Waals surface area (Å²) in [7, 11) is 2.81. The quantitative estimate of drug-likeness (QED) is 0.0725. The molecule has 0 unspecified atom stereocenters. The smallest absolute Gasteiger partial charge is 0.331 e. The van der Waals surface area contributed by atoms with Crippen LogP contribution in [0.4, 0.5) is 0 Å². The number of aromatic hydroxyl groups is 1. The molecule has 4 heterocycles. The summed E-state index contributed by atoms with van der Waals surface area (Å²) in [6, 6.07) is 0.963. The van der Waals surface area contributed by atoms with E-state index in [4.69, 9.17) is 37.9 Å². The summed E-state index contributed by atoms with van der Waals surface area (Å²) in [6.07, 6.45) is 15.8. The number of methoxy groups -OCH3 is 2. The Balaban J connectivity index is 0.000000276. The van der Waals surface area contributed by atoms with Crippen LogP contribution < -0.4 is 24.8 Å². The highest BCUT2D eigenvalue weighted by atomic mass is 16.7. The predicted molar refractivity (Wildman–Crippen MR) is 271 cm³/mol. The van der Waals surface area contributed by atoms with E-state index in [1.54, 1.807) is 13.8 Å². The molecule has 0 radical (unpaired) electrons. The summed E-state index contributed by atoms with van der Waals surface area (Å²) < 4.78 is 45.1. The van der Waals surface area contributed by atoms with Crippen LogP contribution in [0.2, 0.25) is 0 Å². The van der Waals surface area contributed by atoms with Crippen LogP contribution in [0.1, 0.15) is 153 Å². The van der Waals surface area contributed by atoms with E-state index in [1.165, 1.54) is 64.4 Å². The molecule has 2 amide bonds. The van der Waals surface area contributed by atoms with Gasteiger partial charge in [-0.1, -0.05) is 106 Å². The number of carbonyl (C=O) groups excluding carboxylic acids is 5. The molecular weight excluding hydrogens is 941 g/mol. The maximum absolute atomic E-state index is 13.4. The number of aromatic nitrogens is 2. The van der Waals surface area contributed by atoms with Gasteiger partial charge in [-0.25, -0.2) is 19.6 Å². The van der Waals surface area contributed by atoms with E-state index in [1.807, 2.05) is 13.8 Å². The highest BCUT2D eigenvalue weighted by Gasteiger charge is 2.42. The van der Waals surface area contributed by atoms with Crippen molar-refractivity contribution in [2.45, 2.75) is 157 Å². The summed E-state index contributed by atoms with van der Waals surface area (Å²) in [5.41, 5.74) is -0.326.